The Balaban J connectivity index is 1.37. The number of H-pyrrole nitrogens is 1. The minimum atomic E-state index is -4.87. The number of piperidine rings is 1. The first-order valence-corrected chi connectivity index (χ1v) is 15.5. The van der Waals surface area contributed by atoms with Gasteiger partial charge in [0.1, 0.15) is 6.54 Å². The van der Waals surface area contributed by atoms with E-state index in [1.54, 1.807) is 48.5 Å². The Bertz CT molecular complexity index is 1890. The Hall–Kier alpha value is -4.69. The SMILES string of the molecule is CCc1cc(N=c2ccccc3c(-c4cn(CC(F)F)nc4C(F)(F)F)c[nH]c23)ccc1C(=O)NCC(=O)/C=C/CC1(O)CCNCC1. The van der Waals surface area contributed by atoms with Crippen LogP contribution in [0.5, 0.6) is 0 Å². The summed E-state index contributed by atoms with van der Waals surface area (Å²) in [7, 11) is 0. The molecule has 4 aromatic rings. The van der Waals surface area contributed by atoms with Crippen molar-refractivity contribution in [2.75, 3.05) is 19.6 Å². The van der Waals surface area contributed by atoms with E-state index in [0.29, 0.717) is 76.5 Å². The summed E-state index contributed by atoms with van der Waals surface area (Å²) in [5.41, 5.74) is -0.422. The van der Waals surface area contributed by atoms with E-state index in [4.69, 9.17) is 4.99 Å². The van der Waals surface area contributed by atoms with E-state index in [0.717, 1.165) is 6.20 Å². The first-order chi connectivity index (χ1) is 22.9. The summed E-state index contributed by atoms with van der Waals surface area (Å²) in [6.07, 6.45) is -0.398. The van der Waals surface area contributed by atoms with Gasteiger partial charge in [0.2, 0.25) is 0 Å². The van der Waals surface area contributed by atoms with Crippen LogP contribution in [0.3, 0.4) is 0 Å². The third kappa shape index (κ3) is 8.23. The van der Waals surface area contributed by atoms with Crippen LogP contribution in [-0.2, 0) is 23.9 Å². The number of carbonyl (C=O) groups is 2. The molecule has 0 spiro atoms. The first kappa shape index (κ1) is 34.6. The number of nitrogens with zero attached hydrogens (tertiary/aromatic N) is 3. The van der Waals surface area contributed by atoms with Crippen LogP contribution in [0.15, 0.2) is 72.0 Å². The molecule has 0 bridgehead atoms. The summed E-state index contributed by atoms with van der Waals surface area (Å²) in [4.78, 5) is 33.0. The fourth-order valence-electron chi connectivity index (χ4n) is 5.71. The zero-order valence-electron chi connectivity index (χ0n) is 26.1. The van der Waals surface area contributed by atoms with Gasteiger partial charge in [-0.25, -0.2) is 13.8 Å². The maximum Gasteiger partial charge on any atom is 0.435 e. The lowest BCUT2D eigenvalue weighted by Gasteiger charge is -2.31. The first-order valence-electron chi connectivity index (χ1n) is 15.5. The molecular weight excluding hydrogens is 635 g/mol. The summed E-state index contributed by atoms with van der Waals surface area (Å²) in [6, 6.07) is 11.5. The lowest BCUT2D eigenvalue weighted by molar-refractivity contribution is -0.141. The molecule has 1 saturated heterocycles. The van der Waals surface area contributed by atoms with E-state index in [-0.39, 0.29) is 23.5 Å². The molecule has 1 aliphatic heterocycles. The minimum Gasteiger partial charge on any atom is -0.389 e. The molecule has 1 amide bonds. The Morgan fingerprint density at radius 3 is 2.60 bits per heavy atom. The van der Waals surface area contributed by atoms with Crippen molar-refractivity contribution in [3.05, 3.63) is 89.2 Å². The van der Waals surface area contributed by atoms with Crippen molar-refractivity contribution in [3.8, 4) is 11.1 Å². The zero-order valence-corrected chi connectivity index (χ0v) is 26.1. The number of ketones is 1. The van der Waals surface area contributed by atoms with Gasteiger partial charge in [0.25, 0.3) is 12.3 Å². The molecule has 5 rings (SSSR count). The third-order valence-electron chi connectivity index (χ3n) is 8.17. The predicted octanol–water partition coefficient (Wildman–Crippen LogP) is 5.47. The molecule has 14 heteroatoms. The molecule has 0 atom stereocenters. The van der Waals surface area contributed by atoms with Crippen molar-refractivity contribution >= 4 is 28.3 Å². The van der Waals surface area contributed by atoms with Crippen LogP contribution in [0.2, 0.25) is 0 Å². The molecule has 48 heavy (non-hydrogen) atoms. The number of aliphatic hydroxyl groups is 1. The molecule has 1 aliphatic rings. The number of benzene rings is 1. The molecule has 254 valence electrons. The fourth-order valence-corrected chi connectivity index (χ4v) is 5.71. The molecule has 0 radical (unpaired) electrons. The Labute approximate surface area is 272 Å². The van der Waals surface area contributed by atoms with E-state index in [1.165, 1.54) is 12.3 Å². The lowest BCUT2D eigenvalue weighted by Crippen LogP contribution is -2.41. The lowest BCUT2D eigenvalue weighted by atomic mass is 9.89. The van der Waals surface area contributed by atoms with E-state index < -0.39 is 36.3 Å². The van der Waals surface area contributed by atoms with Crippen LogP contribution >= 0.6 is 0 Å². The van der Waals surface area contributed by atoms with E-state index in [9.17, 15) is 36.6 Å². The summed E-state index contributed by atoms with van der Waals surface area (Å²) < 4.78 is 68.1. The van der Waals surface area contributed by atoms with Crippen LogP contribution in [0.25, 0.3) is 22.0 Å². The molecule has 4 N–H and O–H groups in total. The number of halogens is 5. The van der Waals surface area contributed by atoms with Gasteiger partial charge in [0.05, 0.1) is 28.7 Å². The molecule has 0 aliphatic carbocycles. The van der Waals surface area contributed by atoms with Crippen LogP contribution in [-0.4, -0.2) is 63.2 Å². The number of amides is 1. The highest BCUT2D eigenvalue weighted by atomic mass is 19.4. The number of nitrogens with one attached hydrogen (secondary N) is 3. The highest BCUT2D eigenvalue weighted by Crippen LogP contribution is 2.38. The summed E-state index contributed by atoms with van der Waals surface area (Å²) in [5, 5.41) is 20.5. The van der Waals surface area contributed by atoms with Crippen molar-refractivity contribution in [1.29, 1.82) is 0 Å². The van der Waals surface area contributed by atoms with Crippen LogP contribution in [0, 0.1) is 0 Å². The molecule has 2 aromatic carbocycles. The smallest absolute Gasteiger partial charge is 0.389 e. The number of aryl methyl sites for hydroxylation is 1. The van der Waals surface area contributed by atoms with Crippen LogP contribution in [0.1, 0.15) is 47.8 Å². The molecule has 9 nitrogen and oxygen atoms in total. The number of carbonyl (C=O) groups excluding carboxylic acids is 2. The van der Waals surface area contributed by atoms with Gasteiger partial charge in [-0.2, -0.15) is 18.3 Å². The second kappa shape index (κ2) is 14.6. The van der Waals surface area contributed by atoms with E-state index in [2.05, 4.69) is 20.7 Å². The van der Waals surface area contributed by atoms with Crippen LogP contribution < -0.4 is 16.0 Å². The summed E-state index contributed by atoms with van der Waals surface area (Å²) in [5.74, 6) is -0.743. The predicted molar refractivity (Wildman–Crippen MR) is 170 cm³/mol. The van der Waals surface area contributed by atoms with E-state index >= 15 is 0 Å². The van der Waals surface area contributed by atoms with Gasteiger partial charge in [-0.05, 0) is 74.7 Å². The number of aromatic amines is 1. The highest BCUT2D eigenvalue weighted by molar-refractivity contribution is 6.00. The third-order valence-corrected chi connectivity index (χ3v) is 8.17. The van der Waals surface area contributed by atoms with Gasteiger partial charge in [0.15, 0.2) is 11.5 Å². The molecule has 3 heterocycles. The Morgan fingerprint density at radius 2 is 1.90 bits per heavy atom. The maximum absolute atomic E-state index is 13.9. The van der Waals surface area contributed by atoms with Gasteiger partial charge < -0.3 is 20.7 Å². The second-order valence-corrected chi connectivity index (χ2v) is 11.6. The molecular formula is C34H35F5N6O3. The van der Waals surface area contributed by atoms with Gasteiger partial charge in [-0.15, -0.1) is 0 Å². The van der Waals surface area contributed by atoms with Crippen molar-refractivity contribution < 1.29 is 36.6 Å². The average molecular weight is 671 g/mol. The largest absolute Gasteiger partial charge is 0.435 e. The number of aromatic nitrogens is 3. The number of hydrogen-bond donors (Lipinski definition) is 4. The molecule has 0 saturated carbocycles. The standard InChI is InChI=1S/C34H35F5N6O3/c1-2-21-16-22(9-10-24(21)32(47)42-17-23(46)6-5-11-33(48)12-14-40-15-13-33)43-28-8-4-3-7-25-26(18-41-30(25)28)27-19-45(20-29(35)36)44-31(27)34(37,38)39/h3-10,16,18-19,29,40-41,48H,2,11-15,17,20H2,1H3,(H,42,47)/b6-5+,43-28?. The van der Waals surface area contributed by atoms with Crippen molar-refractivity contribution in [2.24, 2.45) is 4.99 Å². The Morgan fingerprint density at radius 1 is 1.15 bits per heavy atom. The van der Waals surface area contributed by atoms with Gasteiger partial charge in [-0.3, -0.25) is 14.3 Å². The fraction of sp³-hybridized carbons (Fsp3) is 0.353. The maximum atomic E-state index is 13.9. The number of hydrogen-bond acceptors (Lipinski definition) is 6. The topological polar surface area (TPSA) is 124 Å². The quantitative estimate of drug-likeness (QED) is 0.125. The number of alkyl halides is 5. The van der Waals surface area contributed by atoms with Crippen molar-refractivity contribution in [1.82, 2.24) is 25.4 Å². The monoisotopic (exact) mass is 670 g/mol. The van der Waals surface area contributed by atoms with Gasteiger partial charge in [0, 0.05) is 34.5 Å². The number of rotatable bonds is 11. The molecule has 2 aromatic heterocycles. The van der Waals surface area contributed by atoms with Crippen LogP contribution in [0.4, 0.5) is 27.6 Å². The van der Waals surface area contributed by atoms with E-state index in [1.807, 2.05) is 6.92 Å². The van der Waals surface area contributed by atoms with Crippen molar-refractivity contribution in [3.63, 3.8) is 0 Å². The highest BCUT2D eigenvalue weighted by Gasteiger charge is 2.38. The summed E-state index contributed by atoms with van der Waals surface area (Å²) in [6.45, 7) is 2.10. The zero-order chi connectivity index (χ0) is 34.5. The Kier molecular flexibility index (Phi) is 10.5. The average Bonchev–Trinajstić information content (AvgIpc) is 3.60. The van der Waals surface area contributed by atoms with Crippen molar-refractivity contribution in [2.45, 2.75) is 57.4 Å². The summed E-state index contributed by atoms with van der Waals surface area (Å²) >= 11 is 0. The normalized spacial score (nSPS) is 15.5. The van der Waals surface area contributed by atoms with Gasteiger partial charge >= 0.3 is 6.18 Å². The van der Waals surface area contributed by atoms with Gasteiger partial charge in [-0.1, -0.05) is 31.2 Å². The number of fused-ring (bicyclic) bond motifs is 1. The second-order valence-electron chi connectivity index (χ2n) is 11.6. The minimum absolute atomic E-state index is 0.123. The molecule has 1 fully saturated rings. The molecule has 0 unspecified atom stereocenters.